The third-order valence-electron chi connectivity index (χ3n) is 2.97. The first-order valence-corrected chi connectivity index (χ1v) is 6.41. The number of anilines is 2. The lowest BCUT2D eigenvalue weighted by Crippen LogP contribution is -2.26. The molecule has 3 heteroatoms. The SMILES string of the molecule is CCCN(CCCCO)c1cccc(C)c1N. The lowest BCUT2D eigenvalue weighted by molar-refractivity contribution is 0.285. The Morgan fingerprint density at radius 1 is 1.24 bits per heavy atom. The van der Waals surface area contributed by atoms with Gasteiger partial charge in [-0.1, -0.05) is 19.1 Å². The topological polar surface area (TPSA) is 49.5 Å². The number of para-hydroxylation sites is 1. The summed E-state index contributed by atoms with van der Waals surface area (Å²) in [5, 5.41) is 8.84. The molecular weight excluding hydrogens is 212 g/mol. The van der Waals surface area contributed by atoms with Crippen LogP contribution in [0.5, 0.6) is 0 Å². The summed E-state index contributed by atoms with van der Waals surface area (Å²) in [5.41, 5.74) is 9.27. The van der Waals surface area contributed by atoms with Crippen LogP contribution in [0.3, 0.4) is 0 Å². The van der Waals surface area contributed by atoms with Crippen LogP contribution in [0.4, 0.5) is 11.4 Å². The number of hydrogen-bond donors (Lipinski definition) is 2. The maximum Gasteiger partial charge on any atom is 0.0602 e. The standard InChI is InChI=1S/C14H24N2O/c1-3-9-16(10-4-5-11-17)13-8-6-7-12(2)14(13)15/h6-8,17H,3-5,9-11,15H2,1-2H3. The molecule has 1 aromatic rings. The normalized spacial score (nSPS) is 10.5. The smallest absolute Gasteiger partial charge is 0.0602 e. The van der Waals surface area contributed by atoms with Gasteiger partial charge in [-0.15, -0.1) is 0 Å². The van der Waals surface area contributed by atoms with E-state index in [9.17, 15) is 0 Å². The van der Waals surface area contributed by atoms with Gasteiger partial charge < -0.3 is 15.7 Å². The molecule has 0 radical (unpaired) electrons. The number of aryl methyl sites for hydroxylation is 1. The molecule has 3 N–H and O–H groups in total. The van der Waals surface area contributed by atoms with Crippen molar-refractivity contribution in [3.05, 3.63) is 23.8 Å². The summed E-state index contributed by atoms with van der Waals surface area (Å²) in [5.74, 6) is 0. The van der Waals surface area contributed by atoms with E-state index in [4.69, 9.17) is 10.8 Å². The maximum atomic E-state index is 8.84. The highest BCUT2D eigenvalue weighted by molar-refractivity contribution is 5.70. The summed E-state index contributed by atoms with van der Waals surface area (Å²) in [7, 11) is 0. The van der Waals surface area contributed by atoms with E-state index in [1.807, 2.05) is 13.0 Å². The number of aliphatic hydroxyl groups excluding tert-OH is 1. The van der Waals surface area contributed by atoms with Gasteiger partial charge >= 0.3 is 0 Å². The number of hydrogen-bond acceptors (Lipinski definition) is 3. The fourth-order valence-electron chi connectivity index (χ4n) is 1.98. The highest BCUT2D eigenvalue weighted by atomic mass is 16.2. The fourth-order valence-corrected chi connectivity index (χ4v) is 1.98. The van der Waals surface area contributed by atoms with Crippen molar-refractivity contribution in [2.45, 2.75) is 33.1 Å². The van der Waals surface area contributed by atoms with E-state index in [0.717, 1.165) is 49.3 Å². The van der Waals surface area contributed by atoms with Crippen molar-refractivity contribution in [1.29, 1.82) is 0 Å². The number of nitrogen functional groups attached to an aromatic ring is 1. The minimum Gasteiger partial charge on any atom is -0.397 e. The Balaban J connectivity index is 2.77. The van der Waals surface area contributed by atoms with Crippen molar-refractivity contribution in [1.82, 2.24) is 0 Å². The monoisotopic (exact) mass is 236 g/mol. The average molecular weight is 236 g/mol. The molecule has 0 unspecified atom stereocenters. The minimum absolute atomic E-state index is 0.267. The lowest BCUT2D eigenvalue weighted by Gasteiger charge is -2.26. The Morgan fingerprint density at radius 2 is 2.00 bits per heavy atom. The van der Waals surface area contributed by atoms with E-state index in [2.05, 4.69) is 24.0 Å². The van der Waals surface area contributed by atoms with Gasteiger partial charge in [0, 0.05) is 19.7 Å². The van der Waals surface area contributed by atoms with Crippen molar-refractivity contribution < 1.29 is 5.11 Å². The molecule has 0 aliphatic carbocycles. The molecule has 0 bridgehead atoms. The van der Waals surface area contributed by atoms with Crippen molar-refractivity contribution in [2.75, 3.05) is 30.3 Å². The van der Waals surface area contributed by atoms with Crippen LogP contribution in [0, 0.1) is 6.92 Å². The number of unbranched alkanes of at least 4 members (excludes halogenated alkanes) is 1. The van der Waals surface area contributed by atoms with Crippen LogP contribution in [0.2, 0.25) is 0 Å². The molecular formula is C14H24N2O. The second kappa shape index (κ2) is 7.17. The number of benzene rings is 1. The molecule has 0 saturated carbocycles. The van der Waals surface area contributed by atoms with Gasteiger partial charge in [0.1, 0.15) is 0 Å². The molecule has 0 amide bonds. The lowest BCUT2D eigenvalue weighted by atomic mass is 10.1. The van der Waals surface area contributed by atoms with E-state index in [1.54, 1.807) is 0 Å². The van der Waals surface area contributed by atoms with E-state index < -0.39 is 0 Å². The second-order valence-electron chi connectivity index (χ2n) is 4.43. The van der Waals surface area contributed by atoms with Crippen molar-refractivity contribution in [3.8, 4) is 0 Å². The second-order valence-corrected chi connectivity index (χ2v) is 4.43. The fraction of sp³-hybridized carbons (Fsp3) is 0.571. The average Bonchev–Trinajstić information content (AvgIpc) is 2.32. The highest BCUT2D eigenvalue weighted by Crippen LogP contribution is 2.26. The van der Waals surface area contributed by atoms with Gasteiger partial charge in [0.15, 0.2) is 0 Å². The molecule has 1 rings (SSSR count). The predicted molar refractivity (Wildman–Crippen MR) is 74.4 cm³/mol. The Hall–Kier alpha value is -1.22. The van der Waals surface area contributed by atoms with Crippen LogP contribution in [0.15, 0.2) is 18.2 Å². The van der Waals surface area contributed by atoms with E-state index in [-0.39, 0.29) is 6.61 Å². The van der Waals surface area contributed by atoms with Crippen molar-refractivity contribution >= 4 is 11.4 Å². The molecule has 0 saturated heterocycles. The largest absolute Gasteiger partial charge is 0.397 e. The highest BCUT2D eigenvalue weighted by Gasteiger charge is 2.09. The molecule has 96 valence electrons. The summed E-state index contributed by atoms with van der Waals surface area (Å²) in [6, 6.07) is 6.17. The molecule has 0 heterocycles. The third-order valence-corrected chi connectivity index (χ3v) is 2.97. The number of nitrogens with zero attached hydrogens (tertiary/aromatic N) is 1. The van der Waals surface area contributed by atoms with E-state index in [0.29, 0.717) is 0 Å². The van der Waals surface area contributed by atoms with E-state index >= 15 is 0 Å². The molecule has 3 nitrogen and oxygen atoms in total. The Kier molecular flexibility index (Phi) is 5.84. The van der Waals surface area contributed by atoms with Crippen LogP contribution in [-0.4, -0.2) is 24.8 Å². The molecule has 17 heavy (non-hydrogen) atoms. The molecule has 0 aliphatic rings. The van der Waals surface area contributed by atoms with E-state index in [1.165, 1.54) is 0 Å². The van der Waals surface area contributed by atoms with Crippen LogP contribution in [0.1, 0.15) is 31.7 Å². The zero-order valence-electron chi connectivity index (χ0n) is 10.9. The number of aliphatic hydroxyl groups is 1. The molecule has 0 spiro atoms. The van der Waals surface area contributed by atoms with Crippen LogP contribution >= 0.6 is 0 Å². The summed E-state index contributed by atoms with van der Waals surface area (Å²) in [4.78, 5) is 2.32. The number of rotatable bonds is 7. The summed E-state index contributed by atoms with van der Waals surface area (Å²) < 4.78 is 0. The summed E-state index contributed by atoms with van der Waals surface area (Å²) in [6.07, 6.45) is 2.96. The predicted octanol–water partition coefficient (Wildman–Crippen LogP) is 2.57. The van der Waals surface area contributed by atoms with Crippen molar-refractivity contribution in [2.24, 2.45) is 0 Å². The van der Waals surface area contributed by atoms with Gasteiger partial charge in [0.2, 0.25) is 0 Å². The Bertz CT molecular complexity index is 339. The van der Waals surface area contributed by atoms with Gasteiger partial charge in [0.25, 0.3) is 0 Å². The van der Waals surface area contributed by atoms with Crippen molar-refractivity contribution in [3.63, 3.8) is 0 Å². The molecule has 1 aromatic carbocycles. The molecule has 0 aromatic heterocycles. The van der Waals surface area contributed by atoms with Crippen LogP contribution in [-0.2, 0) is 0 Å². The quantitative estimate of drug-likeness (QED) is 0.565. The first-order chi connectivity index (χ1) is 8.20. The van der Waals surface area contributed by atoms with Gasteiger partial charge in [-0.2, -0.15) is 0 Å². The minimum atomic E-state index is 0.267. The molecule has 0 atom stereocenters. The zero-order chi connectivity index (χ0) is 12.7. The first kappa shape index (κ1) is 13.8. The summed E-state index contributed by atoms with van der Waals surface area (Å²) >= 11 is 0. The van der Waals surface area contributed by atoms with Gasteiger partial charge in [-0.05, 0) is 37.8 Å². The molecule has 0 aliphatic heterocycles. The van der Waals surface area contributed by atoms with Gasteiger partial charge in [-0.25, -0.2) is 0 Å². The Labute approximate surface area is 104 Å². The molecule has 0 fully saturated rings. The first-order valence-electron chi connectivity index (χ1n) is 6.41. The van der Waals surface area contributed by atoms with Gasteiger partial charge in [-0.3, -0.25) is 0 Å². The Morgan fingerprint density at radius 3 is 2.65 bits per heavy atom. The number of nitrogens with two attached hydrogens (primary N) is 1. The third kappa shape index (κ3) is 3.93. The van der Waals surface area contributed by atoms with Crippen LogP contribution in [0.25, 0.3) is 0 Å². The maximum absolute atomic E-state index is 8.84. The zero-order valence-corrected chi connectivity index (χ0v) is 10.9. The van der Waals surface area contributed by atoms with Crippen LogP contribution < -0.4 is 10.6 Å². The summed E-state index contributed by atoms with van der Waals surface area (Å²) in [6.45, 7) is 6.45. The van der Waals surface area contributed by atoms with Gasteiger partial charge in [0.05, 0.1) is 11.4 Å².